The number of rotatable bonds is 7. The average Bonchev–Trinajstić information content (AvgIpc) is 3.35. The lowest BCUT2D eigenvalue weighted by Gasteiger charge is -2.60. The SMILES string of the molecule is CC12C[C@H](O)[C@H]3[C@@H](CCC4=C(SCCC(=O)ON5C(=O)CCC5=O)C(=O)CC[C@@]43C)[C@@H]1CC[C@]2(O)C(=O)CO. The number of carbonyl (C=O) groups excluding carboxylic acids is 5. The highest BCUT2D eigenvalue weighted by atomic mass is 32.2. The van der Waals surface area contributed by atoms with Crippen LogP contribution in [0.5, 0.6) is 0 Å². The second-order valence-corrected chi connectivity index (χ2v) is 13.4. The summed E-state index contributed by atoms with van der Waals surface area (Å²) >= 11 is 1.29. The summed E-state index contributed by atoms with van der Waals surface area (Å²) in [4.78, 5) is 66.9. The number of hydroxylamine groups is 2. The fraction of sp³-hybridized carbons (Fsp3) is 0.750. The van der Waals surface area contributed by atoms with Crippen molar-refractivity contribution in [3.8, 4) is 0 Å². The van der Waals surface area contributed by atoms with Crippen molar-refractivity contribution in [2.24, 2.45) is 28.6 Å². The standard InChI is InChI=1S/C28H37NO9S/c1-26-10-8-18(31)25(39-12-9-23(36)38-29-21(34)5-6-22(29)35)17(26)4-3-15-16-7-11-28(37,20(33)14-30)27(16,2)13-19(32)24(15)26/h15-16,19,24,30,32,37H,3-14H2,1-2H3/t15-,16-,19-,24+,26-,27?,28-/m0/s1. The molecular formula is C28H37NO9S. The Kier molecular flexibility index (Phi) is 7.35. The number of aliphatic hydroxyl groups is 3. The minimum absolute atomic E-state index is 0.0168. The third-order valence-corrected chi connectivity index (χ3v) is 11.7. The summed E-state index contributed by atoms with van der Waals surface area (Å²) in [5, 5.41) is 33.0. The Balaban J connectivity index is 1.33. The Morgan fingerprint density at radius 1 is 1.05 bits per heavy atom. The van der Waals surface area contributed by atoms with Gasteiger partial charge in [0.15, 0.2) is 11.6 Å². The quantitative estimate of drug-likeness (QED) is 0.390. The van der Waals surface area contributed by atoms with Crippen molar-refractivity contribution < 1.29 is 44.1 Å². The van der Waals surface area contributed by atoms with Gasteiger partial charge < -0.3 is 20.2 Å². The number of ketones is 2. The number of Topliss-reactive ketones (excluding diaryl/α,β-unsaturated/α-hetero) is 2. The summed E-state index contributed by atoms with van der Waals surface area (Å²) < 4.78 is 0. The van der Waals surface area contributed by atoms with Gasteiger partial charge in [-0.1, -0.05) is 13.8 Å². The molecule has 3 saturated carbocycles. The number of thioether (sulfide) groups is 1. The predicted molar refractivity (Wildman–Crippen MR) is 138 cm³/mol. The molecule has 10 nitrogen and oxygen atoms in total. The Morgan fingerprint density at radius 2 is 1.74 bits per heavy atom. The van der Waals surface area contributed by atoms with Crippen LogP contribution in [0.2, 0.25) is 0 Å². The summed E-state index contributed by atoms with van der Waals surface area (Å²) in [5.41, 5.74) is -1.91. The van der Waals surface area contributed by atoms with Crippen molar-refractivity contribution in [2.45, 2.75) is 89.8 Å². The predicted octanol–water partition coefficient (Wildman–Crippen LogP) is 1.84. The maximum absolute atomic E-state index is 13.1. The third-order valence-electron chi connectivity index (χ3n) is 10.5. The van der Waals surface area contributed by atoms with Gasteiger partial charge in [0.1, 0.15) is 12.2 Å². The minimum atomic E-state index is -1.65. The molecule has 1 heterocycles. The number of imide groups is 1. The van der Waals surface area contributed by atoms with Crippen LogP contribution in [0.1, 0.15) is 78.1 Å². The smallest absolute Gasteiger partial charge is 0.334 e. The first-order chi connectivity index (χ1) is 18.4. The first-order valence-corrected chi connectivity index (χ1v) is 14.9. The largest absolute Gasteiger partial charge is 0.393 e. The van der Waals surface area contributed by atoms with Crippen LogP contribution in [0.3, 0.4) is 0 Å². The Morgan fingerprint density at radius 3 is 2.41 bits per heavy atom. The van der Waals surface area contributed by atoms with Crippen molar-refractivity contribution in [1.29, 1.82) is 0 Å². The van der Waals surface area contributed by atoms with Gasteiger partial charge in [-0.25, -0.2) is 4.79 Å². The van der Waals surface area contributed by atoms with E-state index in [0.29, 0.717) is 35.7 Å². The molecule has 0 radical (unpaired) electrons. The highest BCUT2D eigenvalue weighted by molar-refractivity contribution is 8.04. The van der Waals surface area contributed by atoms with Crippen LogP contribution in [0.25, 0.3) is 0 Å². The van der Waals surface area contributed by atoms with Crippen LogP contribution < -0.4 is 0 Å². The van der Waals surface area contributed by atoms with E-state index in [1.165, 1.54) is 11.8 Å². The lowest BCUT2D eigenvalue weighted by atomic mass is 9.45. The van der Waals surface area contributed by atoms with E-state index in [2.05, 4.69) is 6.92 Å². The molecule has 0 bridgehead atoms. The van der Waals surface area contributed by atoms with Crippen molar-refractivity contribution in [3.05, 3.63) is 10.5 Å². The average molecular weight is 564 g/mol. The molecule has 3 N–H and O–H groups in total. The summed E-state index contributed by atoms with van der Waals surface area (Å²) in [5.74, 6) is -2.14. The second kappa shape index (κ2) is 10.1. The van der Waals surface area contributed by atoms with Gasteiger partial charge in [-0.15, -0.1) is 16.8 Å². The zero-order chi connectivity index (χ0) is 28.3. The molecular weight excluding hydrogens is 526 g/mol. The van der Waals surface area contributed by atoms with Crippen molar-refractivity contribution in [2.75, 3.05) is 12.4 Å². The Labute approximate surface area is 231 Å². The van der Waals surface area contributed by atoms with Crippen molar-refractivity contribution >= 4 is 41.1 Å². The van der Waals surface area contributed by atoms with E-state index in [-0.39, 0.29) is 61.4 Å². The molecule has 1 unspecified atom stereocenters. The first-order valence-electron chi connectivity index (χ1n) is 13.9. The van der Waals surface area contributed by atoms with Crippen LogP contribution in [-0.4, -0.2) is 73.8 Å². The molecule has 2 amide bonds. The summed E-state index contributed by atoms with van der Waals surface area (Å²) in [7, 11) is 0. The number of hydrogen-bond acceptors (Lipinski definition) is 10. The number of carbonyl (C=O) groups is 5. The Hall–Kier alpha value is -2.08. The van der Waals surface area contributed by atoms with E-state index in [1.807, 2.05) is 6.92 Å². The first kappa shape index (κ1) is 28.4. The molecule has 5 rings (SSSR count). The zero-order valence-electron chi connectivity index (χ0n) is 22.4. The van der Waals surface area contributed by atoms with E-state index in [9.17, 15) is 39.3 Å². The van der Waals surface area contributed by atoms with Crippen molar-refractivity contribution in [1.82, 2.24) is 5.06 Å². The topological polar surface area (TPSA) is 159 Å². The molecule has 0 aromatic rings. The third kappa shape index (κ3) is 4.31. The fourth-order valence-electron chi connectivity index (χ4n) is 8.60. The van der Waals surface area contributed by atoms with Crippen LogP contribution in [0.15, 0.2) is 10.5 Å². The number of aliphatic hydroxyl groups excluding tert-OH is 2. The fourth-order valence-corrected chi connectivity index (χ4v) is 9.84. The molecule has 0 aromatic carbocycles. The second-order valence-electron chi connectivity index (χ2n) is 12.3. The Bertz CT molecular complexity index is 1140. The molecule has 214 valence electrons. The number of hydrogen-bond donors (Lipinski definition) is 3. The van der Waals surface area contributed by atoms with Crippen molar-refractivity contribution in [3.63, 3.8) is 0 Å². The molecule has 1 saturated heterocycles. The number of amides is 2. The zero-order valence-corrected chi connectivity index (χ0v) is 23.3. The van der Waals surface area contributed by atoms with E-state index < -0.39 is 52.7 Å². The van der Waals surface area contributed by atoms with E-state index in [1.54, 1.807) is 0 Å². The van der Waals surface area contributed by atoms with Gasteiger partial charge in [0.25, 0.3) is 11.8 Å². The molecule has 1 aliphatic heterocycles. The summed E-state index contributed by atoms with van der Waals surface area (Å²) in [6.45, 7) is 3.25. The normalized spacial score (nSPS) is 39.9. The molecule has 7 atom stereocenters. The van der Waals surface area contributed by atoms with Crippen LogP contribution in [0, 0.1) is 28.6 Å². The van der Waals surface area contributed by atoms with Gasteiger partial charge in [0.05, 0.1) is 17.4 Å². The van der Waals surface area contributed by atoms with E-state index >= 15 is 0 Å². The molecule has 11 heteroatoms. The highest BCUT2D eigenvalue weighted by Gasteiger charge is 2.68. The summed E-state index contributed by atoms with van der Waals surface area (Å²) in [6, 6.07) is 0. The molecule has 0 aromatic heterocycles. The van der Waals surface area contributed by atoms with Gasteiger partial charge in [0.2, 0.25) is 0 Å². The highest BCUT2D eigenvalue weighted by Crippen LogP contribution is 2.68. The molecule has 4 aliphatic carbocycles. The van der Waals surface area contributed by atoms with Gasteiger partial charge in [-0.3, -0.25) is 19.2 Å². The van der Waals surface area contributed by atoms with Gasteiger partial charge >= 0.3 is 5.97 Å². The lowest BCUT2D eigenvalue weighted by Crippen LogP contribution is -2.62. The van der Waals surface area contributed by atoms with Crippen LogP contribution in [0.4, 0.5) is 0 Å². The number of nitrogens with zero attached hydrogens (tertiary/aromatic N) is 1. The number of allylic oxidation sites excluding steroid dienone is 1. The van der Waals surface area contributed by atoms with Gasteiger partial charge in [-0.2, -0.15) is 0 Å². The van der Waals surface area contributed by atoms with Crippen LogP contribution >= 0.6 is 11.8 Å². The maximum Gasteiger partial charge on any atom is 0.334 e. The molecule has 0 spiro atoms. The van der Waals surface area contributed by atoms with Gasteiger partial charge in [-0.05, 0) is 67.3 Å². The minimum Gasteiger partial charge on any atom is -0.393 e. The summed E-state index contributed by atoms with van der Waals surface area (Å²) in [6.07, 6.45) is 2.66. The monoisotopic (exact) mass is 563 g/mol. The molecule has 5 aliphatic rings. The van der Waals surface area contributed by atoms with Gasteiger partial charge in [0, 0.05) is 30.4 Å². The van der Waals surface area contributed by atoms with E-state index in [0.717, 1.165) is 12.0 Å². The lowest BCUT2D eigenvalue weighted by molar-refractivity contribution is -0.197. The maximum atomic E-state index is 13.1. The van der Waals surface area contributed by atoms with E-state index in [4.69, 9.17) is 4.84 Å². The number of fused-ring (bicyclic) bond motifs is 5. The molecule has 4 fully saturated rings. The molecule has 39 heavy (non-hydrogen) atoms. The van der Waals surface area contributed by atoms with Crippen LogP contribution in [-0.2, 0) is 28.8 Å².